The van der Waals surface area contributed by atoms with Gasteiger partial charge in [0, 0.05) is 6.42 Å². The van der Waals surface area contributed by atoms with E-state index in [1.54, 1.807) is 0 Å². The summed E-state index contributed by atoms with van der Waals surface area (Å²) in [6, 6.07) is -0.794. The highest BCUT2D eigenvalue weighted by Crippen LogP contribution is 2.38. The Morgan fingerprint density at radius 2 is 1.50 bits per heavy atom. The summed E-state index contributed by atoms with van der Waals surface area (Å²) in [7, 11) is 1.29. The van der Waals surface area contributed by atoms with E-state index in [1.165, 1.54) is 32.1 Å². The van der Waals surface area contributed by atoms with Crippen molar-refractivity contribution in [2.75, 3.05) is 40.9 Å². The maximum absolute atomic E-state index is 12.6. The first kappa shape index (κ1) is 37.2. The van der Waals surface area contributed by atoms with Crippen molar-refractivity contribution in [3.8, 4) is 0 Å². The van der Waals surface area contributed by atoms with Crippen LogP contribution in [0.2, 0.25) is 0 Å². The molecule has 0 rings (SSSR count). The van der Waals surface area contributed by atoms with Crippen molar-refractivity contribution in [2.24, 2.45) is 0 Å². The lowest BCUT2D eigenvalue weighted by molar-refractivity contribution is -0.870. The number of allylic oxidation sites excluding steroid dienone is 2. The van der Waals surface area contributed by atoms with Crippen LogP contribution in [-0.4, -0.2) is 68.5 Å². The number of unbranched alkanes of at least 4 members (excludes halogenated alkanes) is 11. The number of carbonyl (C=O) groups excluding carboxylic acids is 1. The van der Waals surface area contributed by atoms with Gasteiger partial charge in [0.15, 0.2) is 0 Å². The molecule has 3 unspecified atom stereocenters. The van der Waals surface area contributed by atoms with Gasteiger partial charge in [0.2, 0.25) is 5.91 Å². The molecular weight excluding hydrogens is 503 g/mol. The first-order valence-electron chi connectivity index (χ1n) is 15.0. The van der Waals surface area contributed by atoms with Gasteiger partial charge >= 0.3 is 0 Å². The summed E-state index contributed by atoms with van der Waals surface area (Å²) in [5, 5.41) is 13.6. The van der Waals surface area contributed by atoms with Crippen LogP contribution in [0.1, 0.15) is 117 Å². The Hall–Kier alpha value is -0.760. The van der Waals surface area contributed by atoms with Crippen LogP contribution < -0.4 is 10.2 Å². The molecule has 1 amide bonds. The molecule has 0 bridgehead atoms. The summed E-state index contributed by atoms with van der Waals surface area (Å²) < 4.78 is 22.9. The van der Waals surface area contributed by atoms with Crippen LogP contribution in [0.25, 0.3) is 0 Å². The Morgan fingerprint density at radius 3 is 2.16 bits per heavy atom. The molecule has 0 saturated carbocycles. The number of quaternary nitrogens is 1. The van der Waals surface area contributed by atoms with Crippen molar-refractivity contribution in [1.82, 2.24) is 5.32 Å². The topological polar surface area (TPSA) is 108 Å². The summed E-state index contributed by atoms with van der Waals surface area (Å²) in [6.07, 6.45) is 19.5. The first-order chi connectivity index (χ1) is 18.0. The van der Waals surface area contributed by atoms with Gasteiger partial charge in [0.25, 0.3) is 7.82 Å². The van der Waals surface area contributed by atoms with Crippen LogP contribution in [0.3, 0.4) is 0 Å². The number of carbonyl (C=O) groups is 1. The number of nitrogens with zero attached hydrogens (tertiary/aromatic N) is 1. The van der Waals surface area contributed by atoms with Gasteiger partial charge in [-0.2, -0.15) is 0 Å². The van der Waals surface area contributed by atoms with E-state index in [2.05, 4.69) is 31.3 Å². The van der Waals surface area contributed by atoms with Crippen LogP contribution in [-0.2, 0) is 18.4 Å². The molecule has 0 heterocycles. The highest BCUT2D eigenvalue weighted by molar-refractivity contribution is 7.45. The van der Waals surface area contributed by atoms with Crippen LogP contribution >= 0.6 is 7.82 Å². The van der Waals surface area contributed by atoms with E-state index < -0.39 is 20.0 Å². The van der Waals surface area contributed by atoms with Crippen molar-refractivity contribution >= 4 is 13.7 Å². The Morgan fingerprint density at radius 1 is 0.895 bits per heavy atom. The van der Waals surface area contributed by atoms with Crippen LogP contribution in [0.15, 0.2) is 12.2 Å². The largest absolute Gasteiger partial charge is 0.756 e. The Balaban J connectivity index is 4.57. The van der Waals surface area contributed by atoms with Crippen molar-refractivity contribution in [3.05, 3.63) is 12.2 Å². The van der Waals surface area contributed by atoms with E-state index in [0.717, 1.165) is 57.8 Å². The zero-order chi connectivity index (χ0) is 28.7. The molecule has 3 atom stereocenters. The van der Waals surface area contributed by atoms with E-state index in [1.807, 2.05) is 21.1 Å². The first-order valence-corrected chi connectivity index (χ1v) is 16.5. The number of amides is 1. The Kier molecular flexibility index (Phi) is 22.5. The average Bonchev–Trinajstić information content (AvgIpc) is 2.84. The smallest absolute Gasteiger partial charge is 0.268 e. The lowest BCUT2D eigenvalue weighted by Gasteiger charge is -2.30. The molecule has 38 heavy (non-hydrogen) atoms. The fraction of sp³-hybridized carbons (Fsp3) is 0.897. The van der Waals surface area contributed by atoms with Crippen LogP contribution in [0.4, 0.5) is 0 Å². The number of nitrogens with one attached hydrogen (secondary N) is 1. The predicted molar refractivity (Wildman–Crippen MR) is 155 cm³/mol. The third-order valence-electron chi connectivity index (χ3n) is 6.48. The molecule has 8 nitrogen and oxygen atoms in total. The number of hydrogen-bond acceptors (Lipinski definition) is 6. The van der Waals surface area contributed by atoms with Gasteiger partial charge < -0.3 is 28.8 Å². The zero-order valence-electron chi connectivity index (χ0n) is 25.1. The van der Waals surface area contributed by atoms with E-state index >= 15 is 0 Å². The molecule has 0 spiro atoms. The monoisotopic (exact) mass is 562 g/mol. The number of rotatable bonds is 26. The van der Waals surface area contributed by atoms with Gasteiger partial charge in [-0.05, 0) is 32.1 Å². The SMILES string of the molecule is CCC/C=C\CCCCCCCC(=O)NC(COP(=O)([O-])OCC[N+](C)(C)C)C(O)CCCCCCCC. The predicted octanol–water partition coefficient (Wildman–Crippen LogP) is 5.88. The van der Waals surface area contributed by atoms with Gasteiger partial charge in [-0.3, -0.25) is 9.36 Å². The molecule has 0 saturated heterocycles. The number of hydrogen-bond donors (Lipinski definition) is 2. The quantitative estimate of drug-likeness (QED) is 0.0590. The molecule has 2 N–H and O–H groups in total. The molecule has 226 valence electrons. The van der Waals surface area contributed by atoms with Gasteiger partial charge in [-0.15, -0.1) is 0 Å². The van der Waals surface area contributed by atoms with Crippen LogP contribution in [0.5, 0.6) is 0 Å². The fourth-order valence-corrected chi connectivity index (χ4v) is 4.70. The van der Waals surface area contributed by atoms with Gasteiger partial charge in [0.1, 0.15) is 13.2 Å². The third-order valence-corrected chi connectivity index (χ3v) is 7.45. The summed E-state index contributed by atoms with van der Waals surface area (Å²) in [5.41, 5.74) is 0. The molecule has 0 aliphatic carbocycles. The Labute approximate surface area is 233 Å². The second-order valence-electron chi connectivity index (χ2n) is 11.5. The van der Waals surface area contributed by atoms with E-state index in [4.69, 9.17) is 9.05 Å². The van der Waals surface area contributed by atoms with Crippen molar-refractivity contribution in [3.63, 3.8) is 0 Å². The van der Waals surface area contributed by atoms with Gasteiger partial charge in [0.05, 0.1) is 39.9 Å². The van der Waals surface area contributed by atoms with E-state index in [9.17, 15) is 19.4 Å². The standard InChI is InChI=1S/C29H59N2O6P/c1-6-8-10-12-14-15-16-17-19-21-23-29(33)30-27(28(32)22-20-18-13-11-9-7-2)26-37-38(34,35)36-25-24-31(3,4)5/h10,12,27-28,32H,6-9,11,13-26H2,1-5H3,(H-,30,33,34,35)/b12-10-. The minimum Gasteiger partial charge on any atom is -0.756 e. The lowest BCUT2D eigenvalue weighted by Crippen LogP contribution is -2.46. The number of aliphatic hydroxyl groups excluding tert-OH is 1. The van der Waals surface area contributed by atoms with Crippen molar-refractivity contribution in [2.45, 2.75) is 129 Å². The van der Waals surface area contributed by atoms with Crippen LogP contribution in [0, 0.1) is 0 Å². The maximum atomic E-state index is 12.6. The summed E-state index contributed by atoms with van der Waals surface area (Å²) in [6.45, 7) is 4.53. The third kappa shape index (κ3) is 24.3. The lowest BCUT2D eigenvalue weighted by atomic mass is 10.0. The number of phosphoric acid groups is 1. The van der Waals surface area contributed by atoms with Gasteiger partial charge in [-0.25, -0.2) is 0 Å². The minimum absolute atomic E-state index is 0.0106. The summed E-state index contributed by atoms with van der Waals surface area (Å²) in [4.78, 5) is 24.8. The molecule has 0 radical (unpaired) electrons. The minimum atomic E-state index is -4.53. The molecule has 0 aromatic carbocycles. The molecule has 0 aromatic rings. The zero-order valence-corrected chi connectivity index (χ0v) is 26.0. The molecule has 0 aliphatic heterocycles. The molecular formula is C29H59N2O6P. The highest BCUT2D eigenvalue weighted by Gasteiger charge is 2.24. The summed E-state index contributed by atoms with van der Waals surface area (Å²) in [5.74, 6) is -0.185. The maximum Gasteiger partial charge on any atom is 0.268 e. The second kappa shape index (κ2) is 23.0. The van der Waals surface area contributed by atoms with E-state index in [-0.39, 0.29) is 19.1 Å². The molecule has 0 aliphatic rings. The van der Waals surface area contributed by atoms with Crippen molar-refractivity contribution < 1.29 is 32.9 Å². The number of phosphoric ester groups is 1. The normalized spacial score (nSPS) is 15.4. The van der Waals surface area contributed by atoms with E-state index in [0.29, 0.717) is 23.9 Å². The number of aliphatic hydroxyl groups is 1. The van der Waals surface area contributed by atoms with Crippen molar-refractivity contribution in [1.29, 1.82) is 0 Å². The number of likely N-dealkylation sites (N-methyl/N-ethyl adjacent to an activating group) is 1. The van der Waals surface area contributed by atoms with Gasteiger partial charge in [-0.1, -0.05) is 90.2 Å². The second-order valence-corrected chi connectivity index (χ2v) is 12.9. The Bertz CT molecular complexity index is 653. The molecule has 0 aromatic heterocycles. The molecule has 0 fully saturated rings. The average molecular weight is 563 g/mol. The summed E-state index contributed by atoms with van der Waals surface area (Å²) >= 11 is 0. The highest BCUT2D eigenvalue weighted by atomic mass is 31.2. The molecule has 9 heteroatoms. The fourth-order valence-electron chi connectivity index (χ4n) is 3.98.